The van der Waals surface area contributed by atoms with Gasteiger partial charge in [-0.2, -0.15) is 0 Å². The summed E-state index contributed by atoms with van der Waals surface area (Å²) in [5.41, 5.74) is 1.50. The van der Waals surface area contributed by atoms with E-state index in [-0.39, 0.29) is 22.9 Å². The lowest BCUT2D eigenvalue weighted by Gasteiger charge is -2.21. The largest absolute Gasteiger partial charge is 0.489 e. The molecule has 3 rings (SSSR count). The van der Waals surface area contributed by atoms with Crippen molar-refractivity contribution in [1.29, 1.82) is 0 Å². The molecule has 202 valence electrons. The highest BCUT2D eigenvalue weighted by molar-refractivity contribution is 6.31. The van der Waals surface area contributed by atoms with Crippen LogP contribution >= 0.6 is 11.6 Å². The van der Waals surface area contributed by atoms with Gasteiger partial charge in [0.05, 0.1) is 5.56 Å². The van der Waals surface area contributed by atoms with E-state index in [2.05, 4.69) is 5.32 Å². The highest BCUT2D eigenvalue weighted by atomic mass is 35.5. The average molecular weight is 550 g/mol. The van der Waals surface area contributed by atoms with Crippen LogP contribution in [-0.2, 0) is 11.2 Å². The number of carbonyl (C=O) groups excluding carboxylic acids is 1. The van der Waals surface area contributed by atoms with Gasteiger partial charge in [-0.25, -0.2) is 18.0 Å². The predicted molar refractivity (Wildman–Crippen MR) is 138 cm³/mol. The lowest BCUT2D eigenvalue weighted by Crippen LogP contribution is -2.37. The molecular weight excluding hydrogens is 523 g/mol. The molecule has 0 aliphatic heterocycles. The van der Waals surface area contributed by atoms with Gasteiger partial charge in [0.15, 0.2) is 11.8 Å². The summed E-state index contributed by atoms with van der Waals surface area (Å²) < 4.78 is 48.7. The Bertz CT molecular complexity index is 1250. The number of carboxylic acids is 1. The van der Waals surface area contributed by atoms with Crippen LogP contribution in [0.5, 0.6) is 11.5 Å². The topological polar surface area (TPSA) is 84.9 Å². The van der Waals surface area contributed by atoms with Crippen molar-refractivity contribution in [3.8, 4) is 22.6 Å². The van der Waals surface area contributed by atoms with Gasteiger partial charge in [-0.1, -0.05) is 48.0 Å². The first-order chi connectivity index (χ1) is 18.0. The van der Waals surface area contributed by atoms with Gasteiger partial charge in [-0.3, -0.25) is 4.79 Å². The molecule has 0 fully saturated rings. The SMILES string of the molecule is CC(C)(Oc1ccc(-c2ccc(CCNC(=O)c3cc(Cl)ccc3OCC(F)C(F)F)cc2)cc1)C(=O)O. The Morgan fingerprint density at radius 1 is 0.974 bits per heavy atom. The fraction of sp³-hybridized carbons (Fsp3) is 0.286. The number of benzene rings is 3. The maximum absolute atomic E-state index is 13.2. The molecule has 0 saturated carbocycles. The van der Waals surface area contributed by atoms with E-state index in [9.17, 15) is 27.9 Å². The van der Waals surface area contributed by atoms with E-state index in [1.807, 2.05) is 36.4 Å². The average Bonchev–Trinajstić information content (AvgIpc) is 2.88. The molecule has 6 nitrogen and oxygen atoms in total. The molecule has 0 saturated heterocycles. The van der Waals surface area contributed by atoms with Crippen molar-refractivity contribution in [2.45, 2.75) is 38.5 Å². The van der Waals surface area contributed by atoms with Gasteiger partial charge in [-0.05, 0) is 67.3 Å². The highest BCUT2D eigenvalue weighted by Crippen LogP contribution is 2.26. The highest BCUT2D eigenvalue weighted by Gasteiger charge is 2.29. The molecule has 3 aromatic carbocycles. The van der Waals surface area contributed by atoms with Crippen LogP contribution in [0.3, 0.4) is 0 Å². The zero-order chi connectivity index (χ0) is 27.9. The predicted octanol–water partition coefficient (Wildman–Crippen LogP) is 6.20. The number of carboxylic acid groups (broad SMARTS) is 1. The van der Waals surface area contributed by atoms with E-state index in [0.29, 0.717) is 12.2 Å². The first kappa shape index (κ1) is 28.8. The Hall–Kier alpha value is -3.72. The first-order valence-electron chi connectivity index (χ1n) is 11.7. The van der Waals surface area contributed by atoms with Crippen molar-refractivity contribution in [1.82, 2.24) is 5.32 Å². The second kappa shape index (κ2) is 12.7. The van der Waals surface area contributed by atoms with Crippen molar-refractivity contribution in [2.75, 3.05) is 13.2 Å². The summed E-state index contributed by atoms with van der Waals surface area (Å²) in [5, 5.41) is 12.2. The van der Waals surface area contributed by atoms with Crippen molar-refractivity contribution in [2.24, 2.45) is 0 Å². The normalized spacial score (nSPS) is 12.2. The summed E-state index contributed by atoms with van der Waals surface area (Å²) in [7, 11) is 0. The van der Waals surface area contributed by atoms with Crippen molar-refractivity contribution >= 4 is 23.5 Å². The van der Waals surface area contributed by atoms with E-state index in [0.717, 1.165) is 16.7 Å². The summed E-state index contributed by atoms with van der Waals surface area (Å²) in [6, 6.07) is 18.8. The maximum atomic E-state index is 13.2. The van der Waals surface area contributed by atoms with Crippen LogP contribution in [-0.4, -0.2) is 48.3 Å². The van der Waals surface area contributed by atoms with Crippen molar-refractivity contribution in [3.63, 3.8) is 0 Å². The molecule has 1 atom stereocenters. The molecule has 0 aliphatic rings. The fourth-order valence-corrected chi connectivity index (χ4v) is 3.55. The van der Waals surface area contributed by atoms with Gasteiger partial charge >= 0.3 is 5.97 Å². The molecule has 38 heavy (non-hydrogen) atoms. The summed E-state index contributed by atoms with van der Waals surface area (Å²) >= 11 is 5.96. The number of halogens is 4. The van der Waals surface area contributed by atoms with Crippen molar-refractivity contribution in [3.05, 3.63) is 82.9 Å². The van der Waals surface area contributed by atoms with E-state index >= 15 is 0 Å². The van der Waals surface area contributed by atoms with Gasteiger partial charge in [0.25, 0.3) is 12.3 Å². The molecule has 1 amide bonds. The molecule has 0 radical (unpaired) electrons. The van der Waals surface area contributed by atoms with E-state index in [1.54, 1.807) is 12.1 Å². The van der Waals surface area contributed by atoms with Crippen LogP contribution in [0.2, 0.25) is 5.02 Å². The number of ether oxygens (including phenoxy) is 2. The van der Waals surface area contributed by atoms with Gasteiger partial charge < -0.3 is 19.9 Å². The minimum Gasteiger partial charge on any atom is -0.489 e. The molecule has 3 aromatic rings. The van der Waals surface area contributed by atoms with Crippen LogP contribution in [0.4, 0.5) is 13.2 Å². The molecule has 10 heteroatoms. The zero-order valence-corrected chi connectivity index (χ0v) is 21.5. The standard InChI is InChI=1S/C28H27ClF3NO5/c1-28(2,27(35)36)38-21-10-7-19(8-11-21)18-5-3-17(4-6-18)13-14-33-26(34)22-15-20(29)9-12-24(22)37-16-23(30)25(31)32/h3-12,15,23,25H,13-14,16H2,1-2H3,(H,33,34)(H,35,36). The fourth-order valence-electron chi connectivity index (χ4n) is 3.38. The van der Waals surface area contributed by atoms with Crippen molar-refractivity contribution < 1.29 is 37.3 Å². The number of alkyl halides is 3. The summed E-state index contributed by atoms with van der Waals surface area (Å²) in [4.78, 5) is 23.9. The number of carbonyl (C=O) groups is 2. The maximum Gasteiger partial charge on any atom is 0.347 e. The quantitative estimate of drug-likeness (QED) is 0.281. The number of rotatable bonds is 12. The number of nitrogens with one attached hydrogen (secondary N) is 1. The number of hydrogen-bond donors (Lipinski definition) is 2. The number of amides is 1. The molecule has 0 heterocycles. The van der Waals surface area contributed by atoms with Gasteiger partial charge in [0.2, 0.25) is 0 Å². The Labute approximate surface area is 223 Å². The molecule has 0 bridgehead atoms. The minimum absolute atomic E-state index is 0.0217. The number of aliphatic carboxylic acids is 1. The minimum atomic E-state index is -3.18. The Balaban J connectivity index is 1.56. The smallest absolute Gasteiger partial charge is 0.347 e. The van der Waals surface area contributed by atoms with E-state index in [4.69, 9.17) is 21.1 Å². The molecule has 0 spiro atoms. The molecule has 2 N–H and O–H groups in total. The second-order valence-electron chi connectivity index (χ2n) is 8.95. The van der Waals surface area contributed by atoms with E-state index in [1.165, 1.54) is 32.0 Å². The summed E-state index contributed by atoms with van der Waals surface area (Å²) in [6.07, 6.45) is -5.15. The third-order valence-electron chi connectivity index (χ3n) is 5.59. The van der Waals surface area contributed by atoms with Crippen LogP contribution in [0.1, 0.15) is 29.8 Å². The summed E-state index contributed by atoms with van der Waals surface area (Å²) in [5.74, 6) is -1.18. The first-order valence-corrected chi connectivity index (χ1v) is 12.1. The second-order valence-corrected chi connectivity index (χ2v) is 9.38. The third-order valence-corrected chi connectivity index (χ3v) is 5.82. The number of hydrogen-bond acceptors (Lipinski definition) is 4. The summed E-state index contributed by atoms with van der Waals surface area (Å²) in [6.45, 7) is 2.34. The lowest BCUT2D eigenvalue weighted by atomic mass is 10.0. The zero-order valence-electron chi connectivity index (χ0n) is 20.7. The monoisotopic (exact) mass is 549 g/mol. The Morgan fingerprint density at radius 3 is 2.16 bits per heavy atom. The van der Waals surface area contributed by atoms with E-state index < -0.39 is 36.7 Å². The molecular formula is C28H27ClF3NO5. The Kier molecular flexibility index (Phi) is 9.63. The van der Waals surface area contributed by atoms with Gasteiger partial charge in [-0.15, -0.1) is 0 Å². The van der Waals surface area contributed by atoms with Crippen LogP contribution in [0, 0.1) is 0 Å². The Morgan fingerprint density at radius 2 is 1.58 bits per heavy atom. The molecule has 1 unspecified atom stereocenters. The van der Waals surface area contributed by atoms with Crippen LogP contribution in [0.25, 0.3) is 11.1 Å². The third kappa shape index (κ3) is 7.89. The lowest BCUT2D eigenvalue weighted by molar-refractivity contribution is -0.152. The van der Waals surface area contributed by atoms with Gasteiger partial charge in [0.1, 0.15) is 18.1 Å². The van der Waals surface area contributed by atoms with Crippen LogP contribution in [0.15, 0.2) is 66.7 Å². The molecule has 0 aliphatic carbocycles. The van der Waals surface area contributed by atoms with Crippen LogP contribution < -0.4 is 14.8 Å². The van der Waals surface area contributed by atoms with Gasteiger partial charge in [0, 0.05) is 11.6 Å². The molecule has 0 aromatic heterocycles.